The van der Waals surface area contributed by atoms with Crippen LogP contribution in [0.5, 0.6) is 5.75 Å². The van der Waals surface area contributed by atoms with Crippen LogP contribution in [-0.2, 0) is 23.8 Å². The van der Waals surface area contributed by atoms with Gasteiger partial charge in [-0.3, -0.25) is 9.59 Å². The van der Waals surface area contributed by atoms with Gasteiger partial charge in [0.2, 0.25) is 0 Å². The molecule has 0 saturated heterocycles. The van der Waals surface area contributed by atoms with Crippen LogP contribution in [-0.4, -0.2) is 38.9 Å². The monoisotopic (exact) mass is 374 g/mol. The number of ether oxygens (including phenoxy) is 4. The first-order chi connectivity index (χ1) is 12.8. The van der Waals surface area contributed by atoms with Crippen molar-refractivity contribution in [1.29, 1.82) is 0 Å². The number of carbonyl (C=O) groups excluding carboxylic acids is 2. The summed E-state index contributed by atoms with van der Waals surface area (Å²) in [7, 11) is 4.22. The molecule has 0 N–H and O–H groups in total. The minimum Gasteiger partial charge on any atom is -0.497 e. The number of hydrogen-bond donors (Lipinski definition) is 0. The molecule has 6 nitrogen and oxygen atoms in total. The Labute approximate surface area is 159 Å². The number of esters is 2. The highest BCUT2D eigenvalue weighted by molar-refractivity contribution is 6.01. The quantitative estimate of drug-likeness (QED) is 0.458. The number of hydrogen-bond acceptors (Lipinski definition) is 6. The number of methoxy groups -OCH3 is 3. The lowest BCUT2D eigenvalue weighted by Crippen LogP contribution is -2.42. The van der Waals surface area contributed by atoms with Crippen molar-refractivity contribution in [2.45, 2.75) is 38.4 Å². The number of rotatable bonds is 4. The van der Waals surface area contributed by atoms with Gasteiger partial charge in [0.1, 0.15) is 11.9 Å². The van der Waals surface area contributed by atoms with Gasteiger partial charge in [0, 0.05) is 5.92 Å². The van der Waals surface area contributed by atoms with Gasteiger partial charge in [-0.2, -0.15) is 0 Å². The molecule has 1 heterocycles. The predicted molar refractivity (Wildman–Crippen MR) is 98.2 cm³/mol. The Kier molecular flexibility index (Phi) is 5.04. The van der Waals surface area contributed by atoms with Gasteiger partial charge in [0.25, 0.3) is 0 Å². The topological polar surface area (TPSA) is 71.1 Å². The van der Waals surface area contributed by atoms with E-state index in [4.69, 9.17) is 18.9 Å². The summed E-state index contributed by atoms with van der Waals surface area (Å²) in [6.07, 6.45) is 2.37. The minimum absolute atomic E-state index is 0.0646. The van der Waals surface area contributed by atoms with Gasteiger partial charge in [-0.05, 0) is 44.4 Å². The summed E-state index contributed by atoms with van der Waals surface area (Å²) in [5, 5.41) is 0. The lowest BCUT2D eigenvalue weighted by Gasteiger charge is -2.40. The molecule has 1 fully saturated rings. The Balaban J connectivity index is 1.99. The molecule has 0 spiro atoms. The number of fused-ring (bicyclic) bond motifs is 1. The van der Waals surface area contributed by atoms with Crippen molar-refractivity contribution >= 4 is 11.9 Å². The fourth-order valence-electron chi connectivity index (χ4n) is 4.27. The first kappa shape index (κ1) is 19.4. The van der Waals surface area contributed by atoms with Crippen LogP contribution in [0.1, 0.15) is 38.4 Å². The van der Waals surface area contributed by atoms with E-state index in [1.54, 1.807) is 7.11 Å². The van der Waals surface area contributed by atoms with Crippen LogP contribution in [0.25, 0.3) is 0 Å². The third kappa shape index (κ3) is 3.23. The van der Waals surface area contributed by atoms with E-state index in [0.29, 0.717) is 6.42 Å². The van der Waals surface area contributed by atoms with Crippen LogP contribution < -0.4 is 4.74 Å². The van der Waals surface area contributed by atoms with E-state index in [2.05, 4.69) is 0 Å². The Morgan fingerprint density at radius 2 is 1.63 bits per heavy atom. The molecule has 1 aromatic carbocycles. The fraction of sp³-hybridized carbons (Fsp3) is 0.524. The fourth-order valence-corrected chi connectivity index (χ4v) is 4.27. The van der Waals surface area contributed by atoms with E-state index in [9.17, 15) is 9.59 Å². The van der Waals surface area contributed by atoms with Gasteiger partial charge in [-0.1, -0.05) is 23.8 Å². The molecule has 1 aliphatic heterocycles. The molecule has 2 atom stereocenters. The van der Waals surface area contributed by atoms with Crippen LogP contribution in [0.15, 0.2) is 35.9 Å². The second kappa shape index (κ2) is 7.00. The van der Waals surface area contributed by atoms with Gasteiger partial charge in [-0.25, -0.2) is 0 Å². The van der Waals surface area contributed by atoms with Crippen LogP contribution in [0, 0.1) is 11.3 Å². The third-order valence-corrected chi connectivity index (χ3v) is 5.74. The first-order valence-electron chi connectivity index (χ1n) is 8.96. The van der Waals surface area contributed by atoms with Crippen molar-refractivity contribution in [3.8, 4) is 5.75 Å². The molecule has 0 amide bonds. The van der Waals surface area contributed by atoms with Gasteiger partial charge < -0.3 is 18.9 Å². The molecule has 0 aromatic heterocycles. The predicted octanol–water partition coefficient (Wildman–Crippen LogP) is 3.21. The Hall–Kier alpha value is -2.34. The van der Waals surface area contributed by atoms with E-state index in [1.807, 2.05) is 44.2 Å². The standard InChI is InChI=1S/C21H26O6/c1-20(2)16-12-21(18(22)25-4,19(23)26-5)11-14(16)10-17(27-20)13-6-8-15(24-3)9-7-13/h6-10,16-17H,11-12H2,1-5H3/t16-,17+/m1/s1. The molecule has 0 radical (unpaired) electrons. The molecule has 1 saturated carbocycles. The van der Waals surface area contributed by atoms with E-state index in [-0.39, 0.29) is 18.4 Å². The van der Waals surface area contributed by atoms with Crippen LogP contribution in [0.4, 0.5) is 0 Å². The zero-order valence-electron chi connectivity index (χ0n) is 16.4. The molecule has 146 valence electrons. The summed E-state index contributed by atoms with van der Waals surface area (Å²) in [5.74, 6) is -0.399. The molecule has 2 aliphatic rings. The van der Waals surface area contributed by atoms with Crippen molar-refractivity contribution < 1.29 is 28.5 Å². The SMILES string of the molecule is COC(=O)C1(C(=O)OC)CC2=C[C@@H](c3ccc(OC)cc3)OC(C)(C)[C@@H]2C1. The van der Waals surface area contributed by atoms with E-state index in [0.717, 1.165) is 16.9 Å². The second-order valence-corrected chi connectivity index (χ2v) is 7.66. The highest BCUT2D eigenvalue weighted by atomic mass is 16.5. The summed E-state index contributed by atoms with van der Waals surface area (Å²) in [4.78, 5) is 25.0. The summed E-state index contributed by atoms with van der Waals surface area (Å²) in [6.45, 7) is 3.98. The largest absolute Gasteiger partial charge is 0.497 e. The summed E-state index contributed by atoms with van der Waals surface area (Å²) < 4.78 is 21.5. The number of benzene rings is 1. The lowest BCUT2D eigenvalue weighted by molar-refractivity contribution is -0.169. The maximum absolute atomic E-state index is 12.5. The average molecular weight is 374 g/mol. The Morgan fingerprint density at radius 1 is 1.04 bits per heavy atom. The minimum atomic E-state index is -1.31. The van der Waals surface area contributed by atoms with Crippen LogP contribution in [0.3, 0.4) is 0 Å². The summed E-state index contributed by atoms with van der Waals surface area (Å²) >= 11 is 0. The molecule has 0 unspecified atom stereocenters. The molecule has 0 bridgehead atoms. The Bertz CT molecular complexity index is 745. The highest BCUT2D eigenvalue weighted by Crippen LogP contribution is 2.55. The zero-order chi connectivity index (χ0) is 19.8. The highest BCUT2D eigenvalue weighted by Gasteiger charge is 2.59. The molecule has 1 aliphatic carbocycles. The number of carbonyl (C=O) groups is 2. The van der Waals surface area contributed by atoms with Gasteiger partial charge in [0.15, 0.2) is 5.41 Å². The summed E-state index contributed by atoms with van der Waals surface area (Å²) in [6, 6.07) is 7.69. The average Bonchev–Trinajstić information content (AvgIpc) is 3.08. The van der Waals surface area contributed by atoms with Crippen molar-refractivity contribution in [3.05, 3.63) is 41.5 Å². The van der Waals surface area contributed by atoms with Crippen molar-refractivity contribution in [1.82, 2.24) is 0 Å². The smallest absolute Gasteiger partial charge is 0.323 e. The third-order valence-electron chi connectivity index (χ3n) is 5.74. The van der Waals surface area contributed by atoms with Gasteiger partial charge in [-0.15, -0.1) is 0 Å². The van der Waals surface area contributed by atoms with Crippen molar-refractivity contribution in [3.63, 3.8) is 0 Å². The molecular formula is C21H26O6. The molecule has 27 heavy (non-hydrogen) atoms. The van der Waals surface area contributed by atoms with Crippen LogP contribution >= 0.6 is 0 Å². The first-order valence-corrected chi connectivity index (χ1v) is 8.96. The summed E-state index contributed by atoms with van der Waals surface area (Å²) in [5.41, 5.74) is 0.166. The molecule has 6 heteroatoms. The van der Waals surface area contributed by atoms with Crippen molar-refractivity contribution in [2.24, 2.45) is 11.3 Å². The van der Waals surface area contributed by atoms with Crippen molar-refractivity contribution in [2.75, 3.05) is 21.3 Å². The maximum Gasteiger partial charge on any atom is 0.323 e. The molecule has 3 rings (SSSR count). The lowest BCUT2D eigenvalue weighted by atomic mass is 9.80. The normalized spacial score (nSPS) is 25.1. The van der Waals surface area contributed by atoms with Gasteiger partial charge in [0.05, 0.1) is 26.9 Å². The van der Waals surface area contributed by atoms with Crippen LogP contribution in [0.2, 0.25) is 0 Å². The maximum atomic E-state index is 12.5. The second-order valence-electron chi connectivity index (χ2n) is 7.66. The van der Waals surface area contributed by atoms with Gasteiger partial charge >= 0.3 is 11.9 Å². The Morgan fingerprint density at radius 3 is 2.15 bits per heavy atom. The molecule has 1 aromatic rings. The molecular weight excluding hydrogens is 348 g/mol. The van der Waals surface area contributed by atoms with E-state index >= 15 is 0 Å². The van der Waals surface area contributed by atoms with E-state index in [1.165, 1.54) is 14.2 Å². The zero-order valence-corrected chi connectivity index (χ0v) is 16.4. The van der Waals surface area contributed by atoms with E-state index < -0.39 is 23.0 Å².